The molecule has 0 radical (unpaired) electrons. The summed E-state index contributed by atoms with van der Waals surface area (Å²) in [6.45, 7) is 2.77. The largest absolute Gasteiger partial charge is 0.573 e. The first-order valence-corrected chi connectivity index (χ1v) is 5.56. The maximum Gasteiger partial charge on any atom is 0.573 e. The average Bonchev–Trinajstić information content (AvgIpc) is 2.23. The zero-order valence-electron chi connectivity index (χ0n) is 10.7. The van der Waals surface area contributed by atoms with Crippen LogP contribution in [0.25, 0.3) is 0 Å². The van der Waals surface area contributed by atoms with Gasteiger partial charge in [0, 0.05) is 0 Å². The van der Waals surface area contributed by atoms with E-state index in [0.29, 0.717) is 5.56 Å². The normalized spacial score (nSPS) is 13.7. The van der Waals surface area contributed by atoms with Crippen molar-refractivity contribution >= 4 is 6.09 Å². The minimum Gasteiger partial charge on any atom is -0.465 e. The Morgan fingerprint density at radius 1 is 1.25 bits per heavy atom. The van der Waals surface area contributed by atoms with E-state index in [0.717, 1.165) is 12.1 Å². The van der Waals surface area contributed by atoms with E-state index >= 15 is 0 Å². The molecule has 1 aromatic carbocycles. The minimum atomic E-state index is -4.80. The van der Waals surface area contributed by atoms with Gasteiger partial charge in [0.25, 0.3) is 0 Å². The molecule has 8 heteroatoms. The van der Waals surface area contributed by atoms with Crippen LogP contribution in [0.2, 0.25) is 0 Å². The van der Waals surface area contributed by atoms with Crippen LogP contribution in [0.4, 0.5) is 18.0 Å². The Kier molecular flexibility index (Phi) is 4.49. The number of alkyl halides is 3. The molecule has 1 amide bonds. The smallest absolute Gasteiger partial charge is 0.465 e. The molecule has 0 fully saturated rings. The van der Waals surface area contributed by atoms with Crippen LogP contribution in [0.15, 0.2) is 24.3 Å². The van der Waals surface area contributed by atoms with Crippen molar-refractivity contribution in [3.8, 4) is 5.75 Å². The highest BCUT2D eigenvalue weighted by atomic mass is 19.4. The van der Waals surface area contributed by atoms with E-state index < -0.39 is 29.8 Å². The number of hydrogen-bond acceptors (Lipinski definition) is 3. The molecule has 1 rings (SSSR count). The molecule has 0 aliphatic carbocycles. The molecule has 0 aliphatic heterocycles. The third-order valence-corrected chi connectivity index (χ3v) is 2.42. The number of nitrogens with one attached hydrogen (secondary N) is 1. The maximum absolute atomic E-state index is 12.0. The monoisotopic (exact) mass is 293 g/mol. The van der Waals surface area contributed by atoms with Crippen molar-refractivity contribution in [2.45, 2.75) is 31.9 Å². The van der Waals surface area contributed by atoms with Gasteiger partial charge in [0.15, 0.2) is 0 Å². The van der Waals surface area contributed by atoms with Gasteiger partial charge < -0.3 is 20.3 Å². The fraction of sp³-hybridized carbons (Fsp3) is 0.417. The highest BCUT2D eigenvalue weighted by Gasteiger charge is 2.32. The zero-order chi connectivity index (χ0) is 15.6. The summed E-state index contributed by atoms with van der Waals surface area (Å²) in [5, 5.41) is 20.7. The summed E-state index contributed by atoms with van der Waals surface area (Å²) >= 11 is 0. The van der Waals surface area contributed by atoms with Gasteiger partial charge in [-0.1, -0.05) is 12.1 Å². The lowest BCUT2D eigenvalue weighted by molar-refractivity contribution is -0.274. The van der Waals surface area contributed by atoms with E-state index in [9.17, 15) is 23.1 Å². The average molecular weight is 293 g/mol. The Morgan fingerprint density at radius 3 is 2.10 bits per heavy atom. The van der Waals surface area contributed by atoms with Gasteiger partial charge in [-0.15, -0.1) is 13.2 Å². The number of carbonyl (C=O) groups is 1. The summed E-state index contributed by atoms with van der Waals surface area (Å²) in [5.41, 5.74) is -1.11. The summed E-state index contributed by atoms with van der Waals surface area (Å²) in [5.74, 6) is -0.425. The van der Waals surface area contributed by atoms with Crippen molar-refractivity contribution in [2.75, 3.05) is 0 Å². The molecule has 3 N–H and O–H groups in total. The quantitative estimate of drug-likeness (QED) is 0.797. The molecule has 112 valence electrons. The number of aliphatic hydroxyl groups is 1. The first kappa shape index (κ1) is 16.1. The van der Waals surface area contributed by atoms with Crippen LogP contribution in [0.5, 0.6) is 5.75 Å². The van der Waals surface area contributed by atoms with E-state index in [1.54, 1.807) is 0 Å². The predicted molar refractivity (Wildman–Crippen MR) is 63.3 cm³/mol. The van der Waals surface area contributed by atoms with Crippen LogP contribution < -0.4 is 10.1 Å². The summed E-state index contributed by atoms with van der Waals surface area (Å²) in [7, 11) is 0. The van der Waals surface area contributed by atoms with Gasteiger partial charge in [-0.2, -0.15) is 0 Å². The molecule has 0 unspecified atom stereocenters. The van der Waals surface area contributed by atoms with E-state index in [2.05, 4.69) is 10.1 Å². The van der Waals surface area contributed by atoms with E-state index in [1.165, 1.54) is 26.0 Å². The standard InChI is InChI=1S/C12H14F3NO4/c1-11(2,19)9(16-10(17)18)7-3-5-8(6-4-7)20-12(13,14)15/h3-6,9,16,19H,1-2H3,(H,17,18)/t9-/m0/s1. The summed E-state index contributed by atoms with van der Waals surface area (Å²) in [6, 6.07) is 3.61. The third kappa shape index (κ3) is 4.96. The molecule has 0 aliphatic rings. The summed E-state index contributed by atoms with van der Waals surface area (Å²) in [6.07, 6.45) is -6.15. The van der Waals surface area contributed by atoms with Crippen molar-refractivity contribution in [1.82, 2.24) is 5.32 Å². The Hall–Kier alpha value is -1.96. The van der Waals surface area contributed by atoms with Crippen LogP contribution in [0.1, 0.15) is 25.5 Å². The Labute approximate surface area is 113 Å². The van der Waals surface area contributed by atoms with Crippen molar-refractivity contribution in [1.29, 1.82) is 0 Å². The van der Waals surface area contributed by atoms with Crippen LogP contribution in [-0.4, -0.2) is 28.3 Å². The molecule has 5 nitrogen and oxygen atoms in total. The highest BCUT2D eigenvalue weighted by Crippen LogP contribution is 2.28. The first-order chi connectivity index (χ1) is 8.99. The SMILES string of the molecule is CC(C)(O)[C@@H](NC(=O)O)c1ccc(OC(F)(F)F)cc1. The Bertz CT molecular complexity index is 465. The van der Waals surface area contributed by atoms with Crippen LogP contribution >= 0.6 is 0 Å². The van der Waals surface area contributed by atoms with Gasteiger partial charge in [0.1, 0.15) is 5.75 Å². The van der Waals surface area contributed by atoms with Gasteiger partial charge >= 0.3 is 12.5 Å². The molecular formula is C12H14F3NO4. The topological polar surface area (TPSA) is 78.8 Å². The Morgan fingerprint density at radius 2 is 1.75 bits per heavy atom. The number of ether oxygens (including phenoxy) is 1. The first-order valence-electron chi connectivity index (χ1n) is 5.56. The van der Waals surface area contributed by atoms with Crippen LogP contribution in [-0.2, 0) is 0 Å². The second-order valence-corrected chi connectivity index (χ2v) is 4.65. The maximum atomic E-state index is 12.0. The molecule has 20 heavy (non-hydrogen) atoms. The number of halogens is 3. The Balaban J connectivity index is 2.96. The van der Waals surface area contributed by atoms with Gasteiger partial charge in [0.05, 0.1) is 11.6 Å². The summed E-state index contributed by atoms with van der Waals surface area (Å²) < 4.78 is 39.7. The van der Waals surface area contributed by atoms with Gasteiger partial charge in [-0.25, -0.2) is 4.79 Å². The highest BCUT2D eigenvalue weighted by molar-refractivity contribution is 5.65. The van der Waals surface area contributed by atoms with Crippen molar-refractivity contribution in [3.05, 3.63) is 29.8 Å². The van der Waals surface area contributed by atoms with E-state index in [1.807, 2.05) is 0 Å². The molecule has 0 saturated carbocycles. The van der Waals surface area contributed by atoms with Crippen molar-refractivity contribution in [3.63, 3.8) is 0 Å². The third-order valence-electron chi connectivity index (χ3n) is 2.42. The molecule has 1 aromatic rings. The predicted octanol–water partition coefficient (Wildman–Crippen LogP) is 2.66. The van der Waals surface area contributed by atoms with Crippen LogP contribution in [0.3, 0.4) is 0 Å². The second kappa shape index (κ2) is 5.58. The number of carboxylic acid groups (broad SMARTS) is 1. The number of benzene rings is 1. The summed E-state index contributed by atoms with van der Waals surface area (Å²) in [4.78, 5) is 10.7. The van der Waals surface area contributed by atoms with E-state index in [-0.39, 0.29) is 0 Å². The molecule has 0 heterocycles. The molecule has 1 atom stereocenters. The van der Waals surface area contributed by atoms with Gasteiger partial charge in [-0.3, -0.25) is 0 Å². The zero-order valence-corrected chi connectivity index (χ0v) is 10.7. The molecule has 0 spiro atoms. The van der Waals surface area contributed by atoms with Crippen molar-refractivity contribution in [2.24, 2.45) is 0 Å². The number of amides is 1. The fourth-order valence-electron chi connectivity index (χ4n) is 1.65. The number of hydrogen-bond donors (Lipinski definition) is 3. The molecular weight excluding hydrogens is 279 g/mol. The van der Waals surface area contributed by atoms with Gasteiger partial charge in [-0.05, 0) is 31.5 Å². The lowest BCUT2D eigenvalue weighted by Crippen LogP contribution is -2.41. The molecule has 0 bridgehead atoms. The molecule has 0 aromatic heterocycles. The van der Waals surface area contributed by atoms with E-state index in [4.69, 9.17) is 5.11 Å². The molecule has 0 saturated heterocycles. The lowest BCUT2D eigenvalue weighted by atomic mass is 9.92. The number of rotatable bonds is 4. The second-order valence-electron chi connectivity index (χ2n) is 4.65. The van der Waals surface area contributed by atoms with Crippen molar-refractivity contribution < 1.29 is 32.9 Å². The minimum absolute atomic E-state index is 0.314. The lowest BCUT2D eigenvalue weighted by Gasteiger charge is -2.29. The van der Waals surface area contributed by atoms with Gasteiger partial charge in [0.2, 0.25) is 0 Å². The van der Waals surface area contributed by atoms with Crippen LogP contribution in [0, 0.1) is 0 Å². The fourth-order valence-corrected chi connectivity index (χ4v) is 1.65.